The number of nitrogens with zero attached hydrogens (tertiary/aromatic N) is 1. The summed E-state index contributed by atoms with van der Waals surface area (Å²) in [7, 11) is 0. The van der Waals surface area contributed by atoms with Gasteiger partial charge in [-0.15, -0.1) is 0 Å². The normalized spacial score (nSPS) is 40.1. The highest BCUT2D eigenvalue weighted by Gasteiger charge is 2.37. The smallest absolute Gasteiger partial charge is 0.240 e. The molecule has 5 nitrogen and oxygen atoms in total. The lowest BCUT2D eigenvalue weighted by molar-refractivity contribution is -0.134. The Hall–Kier alpha value is -0.650. The topological polar surface area (TPSA) is 72.8 Å². The quantitative estimate of drug-likeness (QED) is 0.535. The van der Waals surface area contributed by atoms with E-state index in [0.29, 0.717) is 5.92 Å². The van der Waals surface area contributed by atoms with Gasteiger partial charge in [-0.05, 0) is 25.3 Å². The number of aliphatic hydroxyl groups excluding tert-OH is 2. The monoisotopic (exact) mass is 228 g/mol. The summed E-state index contributed by atoms with van der Waals surface area (Å²) in [4.78, 5) is 13.7. The molecular formula is C11H20N2O3. The number of piperidine rings is 1. The van der Waals surface area contributed by atoms with Crippen molar-refractivity contribution in [2.75, 3.05) is 19.6 Å². The minimum absolute atomic E-state index is 0.0165. The molecule has 0 aromatic carbocycles. The molecule has 16 heavy (non-hydrogen) atoms. The Labute approximate surface area is 95.4 Å². The van der Waals surface area contributed by atoms with Crippen LogP contribution in [0.4, 0.5) is 0 Å². The van der Waals surface area contributed by atoms with Gasteiger partial charge in [-0.1, -0.05) is 6.92 Å². The van der Waals surface area contributed by atoms with E-state index in [1.807, 2.05) is 0 Å². The van der Waals surface area contributed by atoms with E-state index in [0.717, 1.165) is 19.4 Å². The summed E-state index contributed by atoms with van der Waals surface area (Å²) < 4.78 is 0. The predicted octanol–water partition coefficient (Wildman–Crippen LogP) is -1.06. The Bertz CT molecular complexity index is 262. The second-order valence-electron chi connectivity index (χ2n) is 4.93. The van der Waals surface area contributed by atoms with Gasteiger partial charge in [0.05, 0.1) is 18.2 Å². The zero-order valence-electron chi connectivity index (χ0n) is 9.59. The maximum Gasteiger partial charge on any atom is 0.240 e. The molecule has 1 amide bonds. The molecule has 2 rings (SSSR count). The van der Waals surface area contributed by atoms with E-state index in [2.05, 4.69) is 12.2 Å². The SMILES string of the molecule is CC1CCCNC1C(=O)N1C[C@@H](O)[C@@H](O)C1. The fraction of sp³-hybridized carbons (Fsp3) is 0.909. The van der Waals surface area contributed by atoms with Crippen LogP contribution in [0.25, 0.3) is 0 Å². The number of amides is 1. The third kappa shape index (κ3) is 2.21. The van der Waals surface area contributed by atoms with Crippen LogP contribution < -0.4 is 5.32 Å². The summed E-state index contributed by atoms with van der Waals surface area (Å²) in [5.74, 6) is 0.346. The summed E-state index contributed by atoms with van der Waals surface area (Å²) in [5.41, 5.74) is 0. The van der Waals surface area contributed by atoms with Gasteiger partial charge >= 0.3 is 0 Å². The lowest BCUT2D eigenvalue weighted by Crippen LogP contribution is -2.52. The Morgan fingerprint density at radius 2 is 1.94 bits per heavy atom. The van der Waals surface area contributed by atoms with Crippen molar-refractivity contribution in [3.05, 3.63) is 0 Å². The molecule has 2 heterocycles. The Balaban J connectivity index is 1.96. The number of β-amino-alcohol motifs (C(OH)–C–C–N with tert-alkyl or cyclic N) is 2. The van der Waals surface area contributed by atoms with Crippen LogP contribution in [0.5, 0.6) is 0 Å². The first-order valence-electron chi connectivity index (χ1n) is 5.98. The fourth-order valence-electron chi connectivity index (χ4n) is 2.53. The molecule has 0 aliphatic carbocycles. The maximum atomic E-state index is 12.1. The lowest BCUT2D eigenvalue weighted by atomic mass is 9.92. The average molecular weight is 228 g/mol. The van der Waals surface area contributed by atoms with Gasteiger partial charge < -0.3 is 20.4 Å². The summed E-state index contributed by atoms with van der Waals surface area (Å²) in [6.07, 6.45) is 0.587. The molecule has 2 fully saturated rings. The van der Waals surface area contributed by atoms with Crippen LogP contribution in [0.15, 0.2) is 0 Å². The third-order valence-electron chi connectivity index (χ3n) is 3.61. The number of likely N-dealkylation sites (tertiary alicyclic amines) is 1. The Kier molecular flexibility index (Phi) is 3.47. The van der Waals surface area contributed by atoms with E-state index in [1.165, 1.54) is 0 Å². The van der Waals surface area contributed by atoms with Gasteiger partial charge in [0.1, 0.15) is 0 Å². The molecule has 0 saturated carbocycles. The van der Waals surface area contributed by atoms with Crippen LogP contribution in [0.3, 0.4) is 0 Å². The van der Waals surface area contributed by atoms with Crippen molar-refractivity contribution in [3.8, 4) is 0 Å². The molecule has 2 saturated heterocycles. The number of hydrogen-bond donors (Lipinski definition) is 3. The van der Waals surface area contributed by atoms with E-state index < -0.39 is 12.2 Å². The van der Waals surface area contributed by atoms with Gasteiger partial charge in [0.15, 0.2) is 0 Å². The summed E-state index contributed by atoms with van der Waals surface area (Å²) in [6, 6.07) is -0.147. The van der Waals surface area contributed by atoms with Crippen molar-refractivity contribution < 1.29 is 15.0 Å². The number of aliphatic hydroxyl groups is 2. The minimum atomic E-state index is -0.789. The van der Waals surface area contributed by atoms with Crippen LogP contribution >= 0.6 is 0 Å². The van der Waals surface area contributed by atoms with Gasteiger partial charge in [0.2, 0.25) is 5.91 Å². The average Bonchev–Trinajstić information content (AvgIpc) is 2.59. The lowest BCUT2D eigenvalue weighted by Gasteiger charge is -2.32. The van der Waals surface area contributed by atoms with Gasteiger partial charge in [-0.3, -0.25) is 4.79 Å². The van der Waals surface area contributed by atoms with Crippen molar-refractivity contribution >= 4 is 5.91 Å². The molecule has 3 N–H and O–H groups in total. The van der Waals surface area contributed by atoms with Crippen molar-refractivity contribution in [2.24, 2.45) is 5.92 Å². The zero-order valence-corrected chi connectivity index (χ0v) is 9.59. The molecule has 92 valence electrons. The van der Waals surface area contributed by atoms with Gasteiger partial charge in [-0.2, -0.15) is 0 Å². The van der Waals surface area contributed by atoms with Crippen molar-refractivity contribution in [1.29, 1.82) is 0 Å². The van der Waals surface area contributed by atoms with Crippen molar-refractivity contribution in [1.82, 2.24) is 10.2 Å². The Morgan fingerprint density at radius 1 is 1.31 bits per heavy atom. The highest BCUT2D eigenvalue weighted by atomic mass is 16.3. The molecule has 0 radical (unpaired) electrons. The largest absolute Gasteiger partial charge is 0.388 e. The van der Waals surface area contributed by atoms with E-state index in [9.17, 15) is 15.0 Å². The molecule has 0 bridgehead atoms. The molecule has 0 aromatic rings. The van der Waals surface area contributed by atoms with E-state index >= 15 is 0 Å². The second kappa shape index (κ2) is 4.69. The molecule has 2 aliphatic heterocycles. The van der Waals surface area contributed by atoms with Crippen molar-refractivity contribution in [2.45, 2.75) is 38.0 Å². The van der Waals surface area contributed by atoms with E-state index in [1.54, 1.807) is 4.90 Å². The third-order valence-corrected chi connectivity index (χ3v) is 3.61. The number of carbonyl (C=O) groups is 1. The zero-order chi connectivity index (χ0) is 11.7. The number of carbonyl (C=O) groups excluding carboxylic acids is 1. The van der Waals surface area contributed by atoms with E-state index in [4.69, 9.17) is 0 Å². The first-order chi connectivity index (χ1) is 7.59. The molecule has 5 heteroatoms. The fourth-order valence-corrected chi connectivity index (χ4v) is 2.53. The molecular weight excluding hydrogens is 208 g/mol. The van der Waals surface area contributed by atoms with Crippen LogP contribution in [0.1, 0.15) is 19.8 Å². The summed E-state index contributed by atoms with van der Waals surface area (Å²) in [6.45, 7) is 3.45. The Morgan fingerprint density at radius 3 is 2.50 bits per heavy atom. The first-order valence-corrected chi connectivity index (χ1v) is 5.98. The number of nitrogens with one attached hydrogen (secondary N) is 1. The van der Waals surface area contributed by atoms with Crippen LogP contribution in [0.2, 0.25) is 0 Å². The molecule has 0 spiro atoms. The maximum absolute atomic E-state index is 12.1. The van der Waals surface area contributed by atoms with Gasteiger partial charge in [0.25, 0.3) is 0 Å². The van der Waals surface area contributed by atoms with E-state index in [-0.39, 0.29) is 25.0 Å². The first kappa shape index (κ1) is 11.8. The highest BCUT2D eigenvalue weighted by Crippen LogP contribution is 2.20. The number of hydrogen-bond acceptors (Lipinski definition) is 4. The van der Waals surface area contributed by atoms with Crippen LogP contribution in [-0.2, 0) is 4.79 Å². The standard InChI is InChI=1S/C11H20N2O3/c1-7-3-2-4-12-10(7)11(16)13-5-8(14)9(15)6-13/h7-10,12,14-15H,2-6H2,1H3/t7?,8-,9+,10?. The predicted molar refractivity (Wildman–Crippen MR) is 58.8 cm³/mol. The van der Waals surface area contributed by atoms with Gasteiger partial charge in [-0.25, -0.2) is 0 Å². The highest BCUT2D eigenvalue weighted by molar-refractivity contribution is 5.82. The summed E-state index contributed by atoms with van der Waals surface area (Å²) >= 11 is 0. The molecule has 2 aliphatic rings. The molecule has 4 atom stereocenters. The van der Waals surface area contributed by atoms with Crippen molar-refractivity contribution in [3.63, 3.8) is 0 Å². The van der Waals surface area contributed by atoms with Crippen LogP contribution in [-0.4, -0.2) is 58.9 Å². The summed E-state index contributed by atoms with van der Waals surface area (Å²) in [5, 5.41) is 22.1. The molecule has 2 unspecified atom stereocenters. The van der Waals surface area contributed by atoms with Gasteiger partial charge in [0, 0.05) is 13.1 Å². The minimum Gasteiger partial charge on any atom is -0.388 e. The second-order valence-corrected chi connectivity index (χ2v) is 4.93. The molecule has 0 aromatic heterocycles. The van der Waals surface area contributed by atoms with Crippen LogP contribution in [0, 0.1) is 5.92 Å². The number of rotatable bonds is 1.